The number of nitrogens with two attached hydrogens (primary N) is 1. The van der Waals surface area contributed by atoms with Gasteiger partial charge in [0.05, 0.1) is 19.6 Å². The van der Waals surface area contributed by atoms with Gasteiger partial charge in [0.2, 0.25) is 0 Å². The zero-order valence-electron chi connectivity index (χ0n) is 12.0. The Bertz CT molecular complexity index is 264. The van der Waals surface area contributed by atoms with Crippen molar-refractivity contribution in [3.63, 3.8) is 0 Å². The van der Waals surface area contributed by atoms with E-state index in [4.69, 9.17) is 5.73 Å². The number of carbonyl (C=O) groups is 1. The van der Waals surface area contributed by atoms with Crippen LogP contribution in [0.1, 0.15) is 39.5 Å². The molecule has 0 rings (SSSR count). The Kier molecular flexibility index (Phi) is 8.38. The van der Waals surface area contributed by atoms with Crippen LogP contribution in [0.25, 0.3) is 0 Å². The van der Waals surface area contributed by atoms with Crippen LogP contribution in [-0.2, 0) is 4.79 Å². The van der Waals surface area contributed by atoms with Gasteiger partial charge in [-0.15, -0.1) is 0 Å². The number of nitrogens with zero attached hydrogens (tertiary/aromatic N) is 1. The van der Waals surface area contributed by atoms with Crippen LogP contribution in [0.2, 0.25) is 0 Å². The molecule has 0 bridgehead atoms. The second-order valence-corrected chi connectivity index (χ2v) is 5.02. The highest BCUT2D eigenvalue weighted by atomic mass is 16.1. The average Bonchev–Trinajstić information content (AvgIpc) is 2.34. The first-order valence-electron chi connectivity index (χ1n) is 6.91. The number of quaternary nitrogens is 1. The van der Waals surface area contributed by atoms with Crippen LogP contribution >= 0.6 is 0 Å². The molecule has 1 unspecified atom stereocenters. The minimum absolute atomic E-state index is 0.192. The molecular formula is C15H29N2O+. The zero-order chi connectivity index (χ0) is 14.0. The lowest BCUT2D eigenvalue weighted by Gasteiger charge is -2.41. The van der Waals surface area contributed by atoms with E-state index in [1.807, 2.05) is 19.1 Å². The van der Waals surface area contributed by atoms with Crippen LogP contribution in [0.3, 0.4) is 0 Å². The molecular weight excluding hydrogens is 224 g/mol. The lowest BCUT2D eigenvalue weighted by molar-refractivity contribution is -0.930. The molecule has 2 N–H and O–H groups in total. The monoisotopic (exact) mass is 253 g/mol. The zero-order valence-corrected chi connectivity index (χ0v) is 12.0. The minimum atomic E-state index is -0.241. The summed E-state index contributed by atoms with van der Waals surface area (Å²) in [6.07, 6.45) is 8.54. The first-order chi connectivity index (χ1) is 8.54. The van der Waals surface area contributed by atoms with E-state index in [0.717, 1.165) is 26.1 Å². The summed E-state index contributed by atoms with van der Waals surface area (Å²) < 4.78 is 0.659. The second kappa shape index (κ2) is 8.92. The largest absolute Gasteiger partial charge is 0.365 e. The molecule has 104 valence electrons. The predicted octanol–water partition coefficient (Wildman–Crippen LogP) is 2.63. The summed E-state index contributed by atoms with van der Waals surface area (Å²) in [6, 6.07) is -0.192. The lowest BCUT2D eigenvalue weighted by Crippen LogP contribution is -2.59. The van der Waals surface area contributed by atoms with Crippen molar-refractivity contribution in [1.82, 2.24) is 0 Å². The van der Waals surface area contributed by atoms with Crippen LogP contribution in [0, 0.1) is 0 Å². The quantitative estimate of drug-likeness (QED) is 0.343. The molecule has 0 aliphatic carbocycles. The van der Waals surface area contributed by atoms with Crippen LogP contribution in [0.5, 0.6) is 0 Å². The van der Waals surface area contributed by atoms with Crippen molar-refractivity contribution >= 4 is 5.91 Å². The molecule has 1 atom stereocenters. The Morgan fingerprint density at radius 1 is 1.22 bits per heavy atom. The lowest BCUT2D eigenvalue weighted by atomic mass is 10.1. The normalized spacial score (nSPS) is 13.0. The fourth-order valence-corrected chi connectivity index (χ4v) is 2.40. The van der Waals surface area contributed by atoms with Gasteiger partial charge < -0.3 is 10.2 Å². The molecule has 3 heteroatoms. The molecule has 3 nitrogen and oxygen atoms in total. The number of unbranched alkanes of at least 4 members (excludes halogenated alkanes) is 3. The van der Waals surface area contributed by atoms with Crippen molar-refractivity contribution in [2.75, 3.05) is 19.6 Å². The number of hydrogen-bond acceptors (Lipinski definition) is 1. The van der Waals surface area contributed by atoms with Crippen molar-refractivity contribution in [2.45, 2.75) is 45.6 Å². The van der Waals surface area contributed by atoms with Gasteiger partial charge in [0.25, 0.3) is 5.91 Å². The topological polar surface area (TPSA) is 43.1 Å². The molecule has 0 aliphatic heterocycles. The Morgan fingerprint density at radius 3 is 2.17 bits per heavy atom. The van der Waals surface area contributed by atoms with Crippen LogP contribution in [-0.4, -0.2) is 36.1 Å². The Hall–Kier alpha value is -1.09. The molecule has 0 aromatic rings. The number of primary amides is 1. The van der Waals surface area contributed by atoms with E-state index in [9.17, 15) is 4.79 Å². The average molecular weight is 253 g/mol. The van der Waals surface area contributed by atoms with Crippen molar-refractivity contribution in [2.24, 2.45) is 5.73 Å². The first-order valence-corrected chi connectivity index (χ1v) is 6.91. The summed E-state index contributed by atoms with van der Waals surface area (Å²) in [5.41, 5.74) is 5.49. The van der Waals surface area contributed by atoms with Crippen molar-refractivity contribution in [3.8, 4) is 0 Å². The third-order valence-electron chi connectivity index (χ3n) is 3.68. The van der Waals surface area contributed by atoms with Crippen molar-refractivity contribution in [1.29, 1.82) is 0 Å². The van der Waals surface area contributed by atoms with E-state index in [1.54, 1.807) is 0 Å². The van der Waals surface area contributed by atoms with Crippen molar-refractivity contribution < 1.29 is 9.28 Å². The van der Waals surface area contributed by atoms with Crippen LogP contribution < -0.4 is 5.73 Å². The van der Waals surface area contributed by atoms with Gasteiger partial charge >= 0.3 is 0 Å². The molecule has 0 spiro atoms. The maximum Gasteiger partial charge on any atom is 0.275 e. The highest BCUT2D eigenvalue weighted by Gasteiger charge is 2.34. The van der Waals surface area contributed by atoms with E-state index in [0.29, 0.717) is 4.48 Å². The molecule has 0 saturated carbocycles. The summed E-state index contributed by atoms with van der Waals surface area (Å²) >= 11 is 0. The fraction of sp³-hybridized carbons (Fsp3) is 0.667. The number of amides is 1. The van der Waals surface area contributed by atoms with E-state index in [2.05, 4.69) is 20.1 Å². The standard InChI is InChI=1S/C15H28N2O/c1-5-8-9-10-13-17(11-6-2,12-7-3)14(4)15(16)18/h6-7,14H,2-3,5,8-13H2,1,4H3,(H-,16,18)/p+1. The van der Waals surface area contributed by atoms with E-state index >= 15 is 0 Å². The highest BCUT2D eigenvalue weighted by molar-refractivity contribution is 5.78. The molecule has 0 radical (unpaired) electrons. The van der Waals surface area contributed by atoms with Gasteiger partial charge in [-0.2, -0.15) is 0 Å². The molecule has 1 amide bonds. The molecule has 18 heavy (non-hydrogen) atoms. The number of carbonyl (C=O) groups excluding carboxylic acids is 1. The van der Waals surface area contributed by atoms with Crippen molar-refractivity contribution in [3.05, 3.63) is 25.3 Å². The second-order valence-electron chi connectivity index (χ2n) is 5.02. The SMILES string of the molecule is C=CC[N+](CC=C)(CCCCCC)C(C)C(N)=O. The Balaban J connectivity index is 4.78. The predicted molar refractivity (Wildman–Crippen MR) is 78.1 cm³/mol. The maximum atomic E-state index is 11.5. The first kappa shape index (κ1) is 16.9. The van der Waals surface area contributed by atoms with E-state index in [-0.39, 0.29) is 11.9 Å². The molecule has 0 aromatic heterocycles. The highest BCUT2D eigenvalue weighted by Crippen LogP contribution is 2.17. The fourth-order valence-electron chi connectivity index (χ4n) is 2.40. The summed E-state index contributed by atoms with van der Waals surface area (Å²) in [5.74, 6) is -0.241. The molecule has 0 aromatic carbocycles. The summed E-state index contributed by atoms with van der Waals surface area (Å²) in [6.45, 7) is 14.2. The third-order valence-corrected chi connectivity index (χ3v) is 3.68. The molecule has 0 saturated heterocycles. The summed E-state index contributed by atoms with van der Waals surface area (Å²) in [5, 5.41) is 0. The van der Waals surface area contributed by atoms with E-state index in [1.165, 1.54) is 19.3 Å². The van der Waals surface area contributed by atoms with Gasteiger partial charge in [0.15, 0.2) is 6.04 Å². The molecule has 0 heterocycles. The Labute approximate surface area is 112 Å². The van der Waals surface area contributed by atoms with Gasteiger partial charge in [-0.3, -0.25) is 4.79 Å². The number of rotatable bonds is 11. The Morgan fingerprint density at radius 2 is 1.78 bits per heavy atom. The summed E-state index contributed by atoms with van der Waals surface area (Å²) in [7, 11) is 0. The van der Waals surface area contributed by atoms with E-state index < -0.39 is 0 Å². The maximum absolute atomic E-state index is 11.5. The van der Waals surface area contributed by atoms with Gasteiger partial charge in [-0.05, 0) is 31.9 Å². The van der Waals surface area contributed by atoms with Gasteiger partial charge in [0.1, 0.15) is 0 Å². The number of hydrogen-bond donors (Lipinski definition) is 1. The van der Waals surface area contributed by atoms with Gasteiger partial charge in [-0.25, -0.2) is 0 Å². The smallest absolute Gasteiger partial charge is 0.275 e. The minimum Gasteiger partial charge on any atom is -0.365 e. The van der Waals surface area contributed by atoms with Crippen LogP contribution in [0.15, 0.2) is 25.3 Å². The molecule has 0 aliphatic rings. The summed E-state index contributed by atoms with van der Waals surface area (Å²) in [4.78, 5) is 11.5. The van der Waals surface area contributed by atoms with Gasteiger partial charge in [-0.1, -0.05) is 32.9 Å². The van der Waals surface area contributed by atoms with Crippen LogP contribution in [0.4, 0.5) is 0 Å². The molecule has 0 fully saturated rings. The van der Waals surface area contributed by atoms with Gasteiger partial charge in [0, 0.05) is 0 Å². The third kappa shape index (κ3) is 5.05.